The SMILES string of the molecule is CCn1cc(S(=O)(=O)c2cnc(Br)cc2C)c2c(C)cc(F)cc21. The first kappa shape index (κ1) is 17.1. The fraction of sp³-hybridized carbons (Fsp3) is 0.235. The van der Waals surface area contributed by atoms with E-state index < -0.39 is 9.84 Å². The molecule has 3 aromatic rings. The molecule has 0 saturated carbocycles. The van der Waals surface area contributed by atoms with Crippen LogP contribution in [0.5, 0.6) is 0 Å². The van der Waals surface area contributed by atoms with Crippen molar-refractivity contribution < 1.29 is 12.8 Å². The van der Waals surface area contributed by atoms with Gasteiger partial charge in [-0.15, -0.1) is 0 Å². The Hall–Kier alpha value is -1.73. The molecule has 4 nitrogen and oxygen atoms in total. The third-order valence-electron chi connectivity index (χ3n) is 4.06. The van der Waals surface area contributed by atoms with Gasteiger partial charge in [0.15, 0.2) is 0 Å². The van der Waals surface area contributed by atoms with E-state index in [2.05, 4.69) is 20.9 Å². The number of hydrogen-bond acceptors (Lipinski definition) is 3. The second-order valence-electron chi connectivity index (χ2n) is 5.67. The summed E-state index contributed by atoms with van der Waals surface area (Å²) < 4.78 is 42.5. The van der Waals surface area contributed by atoms with Crippen LogP contribution < -0.4 is 0 Å². The number of rotatable bonds is 3. The van der Waals surface area contributed by atoms with Crippen LogP contribution in [0.15, 0.2) is 45.0 Å². The van der Waals surface area contributed by atoms with Gasteiger partial charge < -0.3 is 4.57 Å². The number of sulfone groups is 1. The standard InChI is InChI=1S/C17H16BrFN2O2S/c1-4-21-9-15(17-11(3)5-12(19)7-13(17)21)24(22,23)14-8-20-16(18)6-10(14)2/h5-9H,4H2,1-3H3. The van der Waals surface area contributed by atoms with Gasteiger partial charge in [0.2, 0.25) is 9.84 Å². The first-order valence-electron chi connectivity index (χ1n) is 7.42. The van der Waals surface area contributed by atoms with Crippen LogP contribution in [0.4, 0.5) is 4.39 Å². The Bertz CT molecular complexity index is 1060. The van der Waals surface area contributed by atoms with Crippen LogP contribution in [0.2, 0.25) is 0 Å². The molecule has 0 spiro atoms. The molecule has 0 saturated heterocycles. The van der Waals surface area contributed by atoms with Crippen LogP contribution in [0.3, 0.4) is 0 Å². The molecular weight excluding hydrogens is 395 g/mol. The van der Waals surface area contributed by atoms with Crippen molar-refractivity contribution in [1.29, 1.82) is 0 Å². The van der Waals surface area contributed by atoms with Crippen LogP contribution in [0.25, 0.3) is 10.9 Å². The zero-order chi connectivity index (χ0) is 17.6. The molecule has 0 aliphatic heterocycles. The van der Waals surface area contributed by atoms with Gasteiger partial charge in [0.25, 0.3) is 0 Å². The number of aryl methyl sites for hydroxylation is 3. The van der Waals surface area contributed by atoms with E-state index in [1.807, 2.05) is 6.92 Å². The summed E-state index contributed by atoms with van der Waals surface area (Å²) in [7, 11) is -3.76. The number of pyridine rings is 1. The van der Waals surface area contributed by atoms with Crippen LogP contribution in [0, 0.1) is 19.7 Å². The van der Waals surface area contributed by atoms with E-state index in [-0.39, 0.29) is 15.6 Å². The zero-order valence-electron chi connectivity index (χ0n) is 13.5. The molecule has 0 aliphatic rings. The van der Waals surface area contributed by atoms with Crippen molar-refractivity contribution in [2.45, 2.75) is 37.1 Å². The van der Waals surface area contributed by atoms with Crippen LogP contribution in [0.1, 0.15) is 18.1 Å². The highest BCUT2D eigenvalue weighted by Crippen LogP contribution is 2.34. The average molecular weight is 411 g/mol. The Balaban J connectivity index is 2.37. The second kappa shape index (κ2) is 5.97. The lowest BCUT2D eigenvalue weighted by molar-refractivity contribution is 0.595. The molecule has 0 radical (unpaired) electrons. The minimum absolute atomic E-state index is 0.157. The lowest BCUT2D eigenvalue weighted by Gasteiger charge is -2.08. The highest BCUT2D eigenvalue weighted by Gasteiger charge is 2.26. The molecule has 0 amide bonds. The Morgan fingerprint density at radius 3 is 2.50 bits per heavy atom. The van der Waals surface area contributed by atoms with Crippen molar-refractivity contribution in [3.63, 3.8) is 0 Å². The van der Waals surface area contributed by atoms with E-state index in [0.29, 0.717) is 33.2 Å². The largest absolute Gasteiger partial charge is 0.346 e. The first-order valence-corrected chi connectivity index (χ1v) is 9.69. The van der Waals surface area contributed by atoms with Gasteiger partial charge in [0.1, 0.15) is 10.4 Å². The molecule has 0 aliphatic carbocycles. The van der Waals surface area contributed by atoms with Gasteiger partial charge in [-0.25, -0.2) is 17.8 Å². The highest BCUT2D eigenvalue weighted by molar-refractivity contribution is 9.10. The highest BCUT2D eigenvalue weighted by atomic mass is 79.9. The lowest BCUT2D eigenvalue weighted by atomic mass is 10.1. The summed E-state index contributed by atoms with van der Waals surface area (Å²) in [5.41, 5.74) is 1.78. The average Bonchev–Trinajstić information content (AvgIpc) is 2.86. The molecule has 24 heavy (non-hydrogen) atoms. The van der Waals surface area contributed by atoms with Gasteiger partial charge in [-0.1, -0.05) is 0 Å². The Labute approximate surface area is 148 Å². The van der Waals surface area contributed by atoms with E-state index in [4.69, 9.17) is 0 Å². The molecular formula is C17H16BrFN2O2S. The van der Waals surface area contributed by atoms with Gasteiger partial charge in [-0.3, -0.25) is 0 Å². The first-order chi connectivity index (χ1) is 11.3. The van der Waals surface area contributed by atoms with Gasteiger partial charge in [0, 0.05) is 24.3 Å². The maximum absolute atomic E-state index is 13.8. The predicted molar refractivity (Wildman–Crippen MR) is 94.4 cm³/mol. The topological polar surface area (TPSA) is 52.0 Å². The molecule has 2 heterocycles. The summed E-state index contributed by atoms with van der Waals surface area (Å²) in [6, 6.07) is 4.39. The molecule has 0 N–H and O–H groups in total. The number of aromatic nitrogens is 2. The molecule has 0 unspecified atom stereocenters. The Morgan fingerprint density at radius 1 is 1.17 bits per heavy atom. The monoisotopic (exact) mass is 410 g/mol. The molecule has 0 bridgehead atoms. The third-order valence-corrected chi connectivity index (χ3v) is 6.39. The zero-order valence-corrected chi connectivity index (χ0v) is 15.9. The van der Waals surface area contributed by atoms with E-state index >= 15 is 0 Å². The van der Waals surface area contributed by atoms with E-state index in [1.165, 1.54) is 18.3 Å². The minimum Gasteiger partial charge on any atom is -0.346 e. The molecule has 126 valence electrons. The van der Waals surface area contributed by atoms with Gasteiger partial charge in [0.05, 0.1) is 15.3 Å². The summed E-state index contributed by atoms with van der Waals surface area (Å²) >= 11 is 3.24. The number of fused-ring (bicyclic) bond motifs is 1. The number of hydrogen-bond donors (Lipinski definition) is 0. The van der Waals surface area contributed by atoms with Gasteiger partial charge in [-0.2, -0.15) is 0 Å². The summed E-state index contributed by atoms with van der Waals surface area (Å²) in [6.07, 6.45) is 2.93. The summed E-state index contributed by atoms with van der Waals surface area (Å²) in [5.74, 6) is -0.377. The van der Waals surface area contributed by atoms with Crippen molar-refractivity contribution in [2.75, 3.05) is 0 Å². The van der Waals surface area contributed by atoms with Crippen molar-refractivity contribution in [1.82, 2.24) is 9.55 Å². The molecule has 0 atom stereocenters. The van der Waals surface area contributed by atoms with E-state index in [9.17, 15) is 12.8 Å². The normalized spacial score (nSPS) is 12.0. The lowest BCUT2D eigenvalue weighted by Crippen LogP contribution is -2.05. The Kier molecular flexibility index (Phi) is 4.25. The van der Waals surface area contributed by atoms with E-state index in [0.717, 1.165) is 0 Å². The summed E-state index contributed by atoms with van der Waals surface area (Å²) in [5, 5.41) is 0.556. The van der Waals surface area contributed by atoms with E-state index in [1.54, 1.807) is 30.7 Å². The third kappa shape index (κ3) is 2.65. The summed E-state index contributed by atoms with van der Waals surface area (Å²) in [6.45, 7) is 5.89. The van der Waals surface area contributed by atoms with Gasteiger partial charge >= 0.3 is 0 Å². The number of halogens is 2. The second-order valence-corrected chi connectivity index (χ2v) is 8.37. The predicted octanol–water partition coefficient (Wildman–Crippen LogP) is 4.41. The molecule has 7 heteroatoms. The quantitative estimate of drug-likeness (QED) is 0.600. The van der Waals surface area contributed by atoms with Gasteiger partial charge in [-0.05, 0) is 66.0 Å². The van der Waals surface area contributed by atoms with Crippen molar-refractivity contribution >= 4 is 36.7 Å². The summed E-state index contributed by atoms with van der Waals surface area (Å²) in [4.78, 5) is 4.39. The fourth-order valence-corrected chi connectivity index (χ4v) is 5.08. The van der Waals surface area contributed by atoms with Crippen LogP contribution >= 0.6 is 15.9 Å². The maximum atomic E-state index is 13.8. The molecule has 2 aromatic heterocycles. The maximum Gasteiger partial charge on any atom is 0.210 e. The number of benzene rings is 1. The fourth-order valence-electron chi connectivity index (χ4n) is 2.92. The van der Waals surface area contributed by atoms with Crippen molar-refractivity contribution in [2.24, 2.45) is 0 Å². The minimum atomic E-state index is -3.76. The van der Waals surface area contributed by atoms with Crippen LogP contribution in [-0.4, -0.2) is 18.0 Å². The molecule has 1 aromatic carbocycles. The van der Waals surface area contributed by atoms with Crippen LogP contribution in [-0.2, 0) is 16.4 Å². The Morgan fingerprint density at radius 2 is 1.88 bits per heavy atom. The molecule has 0 fully saturated rings. The molecule has 3 rings (SSSR count). The number of nitrogens with zero attached hydrogens (tertiary/aromatic N) is 2. The van der Waals surface area contributed by atoms with Crippen molar-refractivity contribution in [3.05, 3.63) is 52.1 Å². The smallest absolute Gasteiger partial charge is 0.210 e. The van der Waals surface area contributed by atoms with Crippen molar-refractivity contribution in [3.8, 4) is 0 Å².